The molecule has 0 bridgehead atoms. The SMILES string of the molecule is O=C(NC1CC(C(=O)O)C1)c1c(Cl)cccc1Cl. The third kappa shape index (κ3) is 2.60. The fourth-order valence-corrected chi connectivity index (χ4v) is 2.48. The number of carbonyl (C=O) groups excluding carboxylic acids is 1. The summed E-state index contributed by atoms with van der Waals surface area (Å²) >= 11 is 11.8. The Morgan fingerprint density at radius 1 is 1.22 bits per heavy atom. The van der Waals surface area contributed by atoms with E-state index in [0.717, 1.165) is 0 Å². The van der Waals surface area contributed by atoms with Gasteiger partial charge >= 0.3 is 5.97 Å². The van der Waals surface area contributed by atoms with Gasteiger partial charge in [0.15, 0.2) is 0 Å². The van der Waals surface area contributed by atoms with E-state index in [4.69, 9.17) is 28.3 Å². The second-order valence-electron chi connectivity index (χ2n) is 4.27. The number of halogens is 2. The Balaban J connectivity index is 2.00. The van der Waals surface area contributed by atoms with Crippen LogP contribution in [0, 0.1) is 5.92 Å². The summed E-state index contributed by atoms with van der Waals surface area (Å²) < 4.78 is 0. The number of carboxylic acid groups (broad SMARTS) is 1. The van der Waals surface area contributed by atoms with E-state index >= 15 is 0 Å². The van der Waals surface area contributed by atoms with Crippen molar-refractivity contribution in [2.45, 2.75) is 18.9 Å². The van der Waals surface area contributed by atoms with Gasteiger partial charge in [-0.1, -0.05) is 29.3 Å². The minimum absolute atomic E-state index is 0.120. The molecule has 0 heterocycles. The van der Waals surface area contributed by atoms with Crippen molar-refractivity contribution >= 4 is 35.1 Å². The van der Waals surface area contributed by atoms with E-state index in [1.807, 2.05) is 0 Å². The van der Waals surface area contributed by atoms with Crippen molar-refractivity contribution < 1.29 is 14.7 Å². The summed E-state index contributed by atoms with van der Waals surface area (Å²) in [7, 11) is 0. The summed E-state index contributed by atoms with van der Waals surface area (Å²) in [6.07, 6.45) is 0.895. The molecule has 1 aromatic rings. The van der Waals surface area contributed by atoms with E-state index in [2.05, 4.69) is 5.32 Å². The number of hydrogen-bond donors (Lipinski definition) is 2. The monoisotopic (exact) mass is 287 g/mol. The summed E-state index contributed by atoms with van der Waals surface area (Å²) in [5, 5.41) is 12.0. The summed E-state index contributed by atoms with van der Waals surface area (Å²) in [6.45, 7) is 0. The number of benzene rings is 1. The number of carboxylic acids is 1. The van der Waals surface area contributed by atoms with Crippen molar-refractivity contribution in [3.05, 3.63) is 33.8 Å². The van der Waals surface area contributed by atoms with Gasteiger partial charge in [-0.15, -0.1) is 0 Å². The molecule has 1 aliphatic carbocycles. The maximum absolute atomic E-state index is 11.9. The first-order valence-electron chi connectivity index (χ1n) is 5.46. The van der Waals surface area contributed by atoms with E-state index < -0.39 is 5.97 Å². The molecule has 6 heteroatoms. The Morgan fingerprint density at radius 2 is 1.78 bits per heavy atom. The van der Waals surface area contributed by atoms with Gasteiger partial charge in [0, 0.05) is 6.04 Å². The molecule has 0 aliphatic heterocycles. The molecule has 96 valence electrons. The second-order valence-corrected chi connectivity index (χ2v) is 5.09. The number of nitrogens with one attached hydrogen (secondary N) is 1. The molecule has 2 N–H and O–H groups in total. The summed E-state index contributed by atoms with van der Waals surface area (Å²) in [4.78, 5) is 22.6. The van der Waals surface area contributed by atoms with E-state index in [9.17, 15) is 9.59 Å². The Bertz CT molecular complexity index is 478. The minimum atomic E-state index is -0.823. The molecule has 1 amide bonds. The molecule has 0 atom stereocenters. The van der Waals surface area contributed by atoms with Crippen LogP contribution in [0.3, 0.4) is 0 Å². The normalized spacial score (nSPS) is 22.1. The van der Waals surface area contributed by atoms with Crippen molar-refractivity contribution in [1.29, 1.82) is 0 Å². The Kier molecular flexibility index (Phi) is 3.78. The first-order chi connectivity index (χ1) is 8.49. The van der Waals surface area contributed by atoms with Crippen LogP contribution in [0.5, 0.6) is 0 Å². The smallest absolute Gasteiger partial charge is 0.306 e. The van der Waals surface area contributed by atoms with E-state index in [-0.39, 0.29) is 33.5 Å². The largest absolute Gasteiger partial charge is 0.481 e. The van der Waals surface area contributed by atoms with E-state index in [0.29, 0.717) is 12.8 Å². The van der Waals surface area contributed by atoms with Crippen molar-refractivity contribution in [3.8, 4) is 0 Å². The zero-order valence-electron chi connectivity index (χ0n) is 9.32. The van der Waals surface area contributed by atoms with Crippen LogP contribution in [0.2, 0.25) is 10.0 Å². The van der Waals surface area contributed by atoms with Crippen molar-refractivity contribution in [2.24, 2.45) is 5.92 Å². The van der Waals surface area contributed by atoms with Crippen molar-refractivity contribution in [1.82, 2.24) is 5.32 Å². The first kappa shape index (κ1) is 13.2. The summed E-state index contributed by atoms with van der Waals surface area (Å²) in [5.41, 5.74) is 0.236. The Morgan fingerprint density at radius 3 is 2.28 bits per heavy atom. The molecule has 1 aliphatic rings. The molecular formula is C12H11Cl2NO3. The van der Waals surface area contributed by atoms with Crippen LogP contribution in [0.25, 0.3) is 0 Å². The fourth-order valence-electron chi connectivity index (χ4n) is 1.91. The molecule has 1 aromatic carbocycles. The maximum Gasteiger partial charge on any atom is 0.306 e. The molecule has 2 rings (SSSR count). The number of amides is 1. The number of rotatable bonds is 3. The van der Waals surface area contributed by atoms with Gasteiger partial charge < -0.3 is 10.4 Å². The number of hydrogen-bond acceptors (Lipinski definition) is 2. The predicted octanol–water partition coefficient (Wildman–Crippen LogP) is 2.59. The molecule has 0 spiro atoms. The molecule has 1 fully saturated rings. The molecular weight excluding hydrogens is 277 g/mol. The van der Waals surface area contributed by atoms with Crippen molar-refractivity contribution in [3.63, 3.8) is 0 Å². The average Bonchev–Trinajstić information content (AvgIpc) is 2.21. The lowest BCUT2D eigenvalue weighted by molar-refractivity contribution is -0.145. The van der Waals surface area contributed by atoms with Gasteiger partial charge in [-0.3, -0.25) is 9.59 Å². The highest BCUT2D eigenvalue weighted by Gasteiger charge is 2.35. The van der Waals surface area contributed by atoms with E-state index in [1.54, 1.807) is 18.2 Å². The van der Waals surface area contributed by atoms with Crippen LogP contribution in [0.15, 0.2) is 18.2 Å². The second kappa shape index (κ2) is 5.16. The topological polar surface area (TPSA) is 66.4 Å². The molecule has 0 unspecified atom stereocenters. The van der Waals surface area contributed by atoms with E-state index in [1.165, 1.54) is 0 Å². The maximum atomic E-state index is 11.9. The third-order valence-electron chi connectivity index (χ3n) is 3.01. The molecule has 1 saturated carbocycles. The standard InChI is InChI=1S/C12H11Cl2NO3/c13-8-2-1-3-9(14)10(8)11(16)15-7-4-6(5-7)12(17)18/h1-3,6-7H,4-5H2,(H,15,16)(H,17,18). The van der Waals surface area contributed by atoms with Crippen LogP contribution < -0.4 is 5.32 Å². The van der Waals surface area contributed by atoms with Crippen LogP contribution in [0.1, 0.15) is 23.2 Å². The van der Waals surface area contributed by atoms with Crippen LogP contribution in [-0.4, -0.2) is 23.0 Å². The molecule has 18 heavy (non-hydrogen) atoms. The Labute approximate surface area is 114 Å². The molecule has 0 radical (unpaired) electrons. The van der Waals surface area contributed by atoms with Crippen molar-refractivity contribution in [2.75, 3.05) is 0 Å². The van der Waals surface area contributed by atoms with Crippen LogP contribution >= 0.6 is 23.2 Å². The fraction of sp³-hybridized carbons (Fsp3) is 0.333. The highest BCUT2D eigenvalue weighted by atomic mass is 35.5. The predicted molar refractivity (Wildman–Crippen MR) is 68.1 cm³/mol. The van der Waals surface area contributed by atoms with Crippen LogP contribution in [-0.2, 0) is 4.79 Å². The minimum Gasteiger partial charge on any atom is -0.481 e. The summed E-state index contributed by atoms with van der Waals surface area (Å²) in [5.74, 6) is -1.55. The van der Waals surface area contributed by atoms with Gasteiger partial charge in [0.05, 0.1) is 21.5 Å². The van der Waals surface area contributed by atoms with Gasteiger partial charge in [0.2, 0.25) is 0 Å². The quantitative estimate of drug-likeness (QED) is 0.898. The molecule has 0 aromatic heterocycles. The number of aliphatic carboxylic acids is 1. The van der Waals surface area contributed by atoms with Gasteiger partial charge in [0.1, 0.15) is 0 Å². The highest BCUT2D eigenvalue weighted by molar-refractivity contribution is 6.39. The average molecular weight is 288 g/mol. The first-order valence-corrected chi connectivity index (χ1v) is 6.22. The van der Waals surface area contributed by atoms with Gasteiger partial charge in [-0.2, -0.15) is 0 Å². The van der Waals surface area contributed by atoms with Gasteiger partial charge in [-0.25, -0.2) is 0 Å². The lowest BCUT2D eigenvalue weighted by atomic mass is 9.80. The number of carbonyl (C=O) groups is 2. The zero-order valence-corrected chi connectivity index (χ0v) is 10.8. The van der Waals surface area contributed by atoms with Gasteiger partial charge in [0.25, 0.3) is 5.91 Å². The zero-order chi connectivity index (χ0) is 13.3. The lowest BCUT2D eigenvalue weighted by Gasteiger charge is -2.32. The molecule has 0 saturated heterocycles. The van der Waals surface area contributed by atoms with Crippen LogP contribution in [0.4, 0.5) is 0 Å². The summed E-state index contributed by atoms with van der Waals surface area (Å²) in [6, 6.07) is 4.71. The Hall–Kier alpha value is -1.26. The van der Waals surface area contributed by atoms with Gasteiger partial charge in [-0.05, 0) is 25.0 Å². The molecule has 4 nitrogen and oxygen atoms in total. The lowest BCUT2D eigenvalue weighted by Crippen LogP contribution is -2.46. The highest BCUT2D eigenvalue weighted by Crippen LogP contribution is 2.29. The third-order valence-corrected chi connectivity index (χ3v) is 3.64.